The smallest absolute Gasteiger partial charge is 0.253 e. The van der Waals surface area contributed by atoms with Crippen LogP contribution in [0.25, 0.3) is 0 Å². The second-order valence-corrected chi connectivity index (χ2v) is 27.1. The summed E-state index contributed by atoms with van der Waals surface area (Å²) in [7, 11) is -3.05. The first kappa shape index (κ1) is 83.1. The van der Waals surface area contributed by atoms with Crippen LogP contribution in [-0.2, 0) is 71.1 Å². The van der Waals surface area contributed by atoms with Gasteiger partial charge in [-0.25, -0.2) is 0 Å². The quantitative estimate of drug-likeness (QED) is 0.0214. The van der Waals surface area contributed by atoms with Gasteiger partial charge >= 0.3 is 0 Å². The first-order valence-electron chi connectivity index (χ1n) is 32.7. The molecule has 7 amide bonds. The van der Waals surface area contributed by atoms with Gasteiger partial charge in [-0.15, -0.1) is 0 Å². The average Bonchev–Trinajstić information content (AvgIpc) is 0.876. The Bertz CT molecular complexity index is 2250. The molecular formula is C60H110N7O25P. The fraction of sp³-hybridized carbons (Fsp3) is 0.883. The first-order chi connectivity index (χ1) is 44.2. The average molecular weight is 1360 g/mol. The first-order valence-corrected chi connectivity index (χ1v) is 35.3. The van der Waals surface area contributed by atoms with Gasteiger partial charge in [-0.1, -0.05) is 38.5 Å². The van der Waals surface area contributed by atoms with Crippen LogP contribution in [0, 0.1) is 0 Å². The number of unbranched alkanes of at least 4 members (excludes halogenated alkanes) is 10. The van der Waals surface area contributed by atoms with Crippen molar-refractivity contribution >= 4 is 48.7 Å². The second kappa shape index (κ2) is 45.4. The second-order valence-electron chi connectivity index (χ2n) is 24.3. The van der Waals surface area contributed by atoms with Gasteiger partial charge in [0.2, 0.25) is 35.4 Å². The van der Waals surface area contributed by atoms with Crippen molar-refractivity contribution < 1.29 is 122 Å². The van der Waals surface area contributed by atoms with Crippen LogP contribution in [0.1, 0.15) is 143 Å². The van der Waals surface area contributed by atoms with Crippen molar-refractivity contribution in [3.63, 3.8) is 0 Å². The molecule has 15 N–H and O–H groups in total. The van der Waals surface area contributed by atoms with Crippen LogP contribution >= 0.6 is 7.37 Å². The Morgan fingerprint density at radius 1 is 0.452 bits per heavy atom. The number of hydrogen-bond donors (Lipinski definition) is 15. The molecule has 33 heteroatoms. The number of nitrogens with zero attached hydrogens (tertiary/aromatic N) is 2. The van der Waals surface area contributed by atoms with E-state index in [9.17, 15) is 89.2 Å². The molecule has 0 saturated carbocycles. The SMILES string of the molecule is CC(=O)NC1[C@H](OCCCCCCC(=O)NCCCN(CCCCN(CCCNC(=O)CCCCCCO[C@@H]2OC(CO)[C@H](O)[C@H](O)C2NC(C)=O)C(=O)C(O)COP(C)(C)=O)C(=O)CCCCCCO[C@@H]2OC(CO)[C@H](O)[C@H](O)C2NC(C)=O)OC(CO)[C@H](O)[C@@H]1O. The van der Waals surface area contributed by atoms with Gasteiger partial charge in [-0.2, -0.15) is 0 Å². The third-order valence-corrected chi connectivity index (χ3v) is 16.7. The van der Waals surface area contributed by atoms with Crippen molar-refractivity contribution in [2.45, 2.75) is 241 Å². The molecule has 3 heterocycles. The summed E-state index contributed by atoms with van der Waals surface area (Å²) >= 11 is 0. The number of carbonyl (C=O) groups is 7. The molecule has 3 saturated heterocycles. The summed E-state index contributed by atoms with van der Waals surface area (Å²) in [5, 5.41) is 115. The highest BCUT2D eigenvalue weighted by Crippen LogP contribution is 2.37. The lowest BCUT2D eigenvalue weighted by Gasteiger charge is -2.42. The molecule has 0 aromatic rings. The van der Waals surface area contributed by atoms with Crippen molar-refractivity contribution in [2.75, 3.05) is 98.8 Å². The van der Waals surface area contributed by atoms with Crippen LogP contribution in [0.5, 0.6) is 0 Å². The molecule has 540 valence electrons. The van der Waals surface area contributed by atoms with Gasteiger partial charge in [0, 0.05) is 112 Å². The largest absolute Gasteiger partial charge is 0.394 e. The molecule has 0 aromatic carbocycles. The van der Waals surface area contributed by atoms with Gasteiger partial charge in [0.1, 0.15) is 73.1 Å². The van der Waals surface area contributed by atoms with Gasteiger partial charge in [0.15, 0.2) is 32.3 Å². The summed E-state index contributed by atoms with van der Waals surface area (Å²) in [6, 6.07) is -3.17. The van der Waals surface area contributed by atoms with Crippen LogP contribution in [0.2, 0.25) is 0 Å². The van der Waals surface area contributed by atoms with Gasteiger partial charge < -0.3 is 120 Å². The minimum atomic E-state index is -3.05. The van der Waals surface area contributed by atoms with Crippen LogP contribution in [0.3, 0.4) is 0 Å². The minimum Gasteiger partial charge on any atom is -0.394 e. The predicted octanol–water partition coefficient (Wildman–Crippen LogP) is -2.92. The van der Waals surface area contributed by atoms with Crippen molar-refractivity contribution in [3.8, 4) is 0 Å². The molecular weight excluding hydrogens is 1250 g/mol. The van der Waals surface area contributed by atoms with E-state index < -0.39 is 155 Å². The summed E-state index contributed by atoms with van der Waals surface area (Å²) in [4.78, 5) is 91.5. The Hall–Kier alpha value is -4.16. The van der Waals surface area contributed by atoms with Crippen LogP contribution in [0.15, 0.2) is 0 Å². The van der Waals surface area contributed by atoms with E-state index in [1.165, 1.54) is 39.0 Å². The van der Waals surface area contributed by atoms with Gasteiger partial charge in [0.25, 0.3) is 5.91 Å². The number of ether oxygens (including phenoxy) is 6. The molecule has 7 unspecified atom stereocenters. The normalized spacial score (nSPS) is 26.8. The number of aliphatic hydroxyl groups is 10. The summed E-state index contributed by atoms with van der Waals surface area (Å²) < 4.78 is 51.7. The van der Waals surface area contributed by atoms with Crippen molar-refractivity contribution in [1.82, 2.24) is 36.4 Å². The van der Waals surface area contributed by atoms with E-state index in [1.807, 2.05) is 0 Å². The highest BCUT2D eigenvalue weighted by atomic mass is 31.2. The van der Waals surface area contributed by atoms with E-state index in [1.54, 1.807) is 4.90 Å². The van der Waals surface area contributed by atoms with Crippen molar-refractivity contribution in [3.05, 3.63) is 0 Å². The minimum absolute atomic E-state index is 0.126. The lowest BCUT2D eigenvalue weighted by atomic mass is 9.97. The fourth-order valence-corrected chi connectivity index (χ4v) is 11.3. The number of rotatable bonds is 47. The third kappa shape index (κ3) is 31.7. The molecule has 0 spiro atoms. The van der Waals surface area contributed by atoms with E-state index in [-0.39, 0.29) is 83.0 Å². The molecule has 0 radical (unpaired) electrons. The van der Waals surface area contributed by atoms with Gasteiger partial charge in [-0.3, -0.25) is 38.1 Å². The molecule has 16 atom stereocenters. The maximum Gasteiger partial charge on any atom is 0.253 e. The molecule has 3 fully saturated rings. The molecule has 93 heavy (non-hydrogen) atoms. The van der Waals surface area contributed by atoms with Gasteiger partial charge in [0.05, 0.1) is 26.4 Å². The number of aliphatic hydroxyl groups excluding tert-OH is 10. The topological polar surface area (TPSA) is 470 Å². The van der Waals surface area contributed by atoms with Gasteiger partial charge in [-0.05, 0) is 64.2 Å². The summed E-state index contributed by atoms with van der Waals surface area (Å²) in [6.07, 6.45) is -7.22. The van der Waals surface area contributed by atoms with E-state index in [2.05, 4.69) is 26.6 Å². The molecule has 0 aromatic heterocycles. The number of amides is 7. The van der Waals surface area contributed by atoms with Crippen LogP contribution in [-0.4, -0.2) is 299 Å². The molecule has 3 aliphatic rings. The predicted molar refractivity (Wildman–Crippen MR) is 332 cm³/mol. The van der Waals surface area contributed by atoms with E-state index >= 15 is 0 Å². The van der Waals surface area contributed by atoms with Crippen molar-refractivity contribution in [2.24, 2.45) is 0 Å². The van der Waals surface area contributed by atoms with Crippen LogP contribution in [0.4, 0.5) is 0 Å². The zero-order valence-electron chi connectivity index (χ0n) is 54.8. The molecule has 3 rings (SSSR count). The zero-order valence-corrected chi connectivity index (χ0v) is 55.7. The van der Waals surface area contributed by atoms with E-state index in [4.69, 9.17) is 32.9 Å². The van der Waals surface area contributed by atoms with E-state index in [0.29, 0.717) is 116 Å². The molecule has 0 aliphatic carbocycles. The Labute approximate surface area is 545 Å². The zero-order chi connectivity index (χ0) is 69.0. The van der Waals surface area contributed by atoms with Crippen LogP contribution < -0.4 is 26.6 Å². The molecule has 32 nitrogen and oxygen atoms in total. The Morgan fingerprint density at radius 3 is 1.12 bits per heavy atom. The van der Waals surface area contributed by atoms with E-state index in [0.717, 1.165) is 0 Å². The Balaban J connectivity index is 1.51. The summed E-state index contributed by atoms with van der Waals surface area (Å²) in [6.45, 7) is 6.24. The highest BCUT2D eigenvalue weighted by molar-refractivity contribution is 7.57. The Kier molecular flexibility index (Phi) is 40.5. The number of hydrogen-bond acceptors (Lipinski definition) is 25. The third-order valence-electron chi connectivity index (χ3n) is 15.9. The molecule has 0 bridgehead atoms. The maximum atomic E-state index is 13.8. The lowest BCUT2D eigenvalue weighted by molar-refractivity contribution is -0.270. The Morgan fingerprint density at radius 2 is 0.774 bits per heavy atom. The maximum absolute atomic E-state index is 13.8. The lowest BCUT2D eigenvalue weighted by Crippen LogP contribution is -2.64. The fourth-order valence-electron chi connectivity index (χ4n) is 10.8. The van der Waals surface area contributed by atoms with Crippen molar-refractivity contribution in [1.29, 1.82) is 0 Å². The summed E-state index contributed by atoms with van der Waals surface area (Å²) in [5.41, 5.74) is 0. The standard InChI is InChI=1S/C60H110N7O25P/c1-38(71)63-48-54(81)51(78)42(34-68)90-58(48)86-31-17-9-6-12-22-45(75)61-25-20-29-66(47(77)24-14-8-11-19-33-88-60-50(65-40(3)73)56(83)53(80)44(36-70)92-60)27-15-16-28-67(57(84)41(74)37-89-93(4,5)85)30-21-26-62-46(76)23-13-7-10-18-32-87-59-49(64-39(2)72)55(82)52(79)43(35-69)91-59/h41-44,48-56,58-60,68-70,74,78-83H,6-37H2,1-5H3,(H,61,75)(H,62,76)(H,63,71)(H,64,72)(H,65,73)/t41?,42?,43?,44?,48?,49?,50?,51-,52-,53-,54+,55+,56+,58+,59+,60+/m0/s1. The monoisotopic (exact) mass is 1360 g/mol. The summed E-state index contributed by atoms with van der Waals surface area (Å²) in [5.74, 6) is -2.56. The molecule has 3 aliphatic heterocycles. The highest BCUT2D eigenvalue weighted by Gasteiger charge is 2.48. The number of carbonyl (C=O) groups excluding carboxylic acids is 7. The number of nitrogens with one attached hydrogen (secondary N) is 5.